The highest BCUT2D eigenvalue weighted by Crippen LogP contribution is 2.19. The molecule has 1 aliphatic rings. The number of morpholine rings is 1. The Hall–Kier alpha value is -0.580. The van der Waals surface area contributed by atoms with E-state index >= 15 is 0 Å². The maximum Gasteiger partial charge on any atom is 0.254 e. The van der Waals surface area contributed by atoms with Crippen molar-refractivity contribution < 1.29 is 9.53 Å². The molecule has 1 amide bonds. The maximum absolute atomic E-state index is 12.4. The molecular weight excluding hydrogens is 318 g/mol. The summed E-state index contributed by atoms with van der Waals surface area (Å²) in [5.41, 5.74) is 1.63. The smallest absolute Gasteiger partial charge is 0.254 e. The van der Waals surface area contributed by atoms with Crippen LogP contribution in [0.5, 0.6) is 0 Å². The van der Waals surface area contributed by atoms with E-state index in [4.69, 9.17) is 16.3 Å². The Labute approximate surface area is 120 Å². The van der Waals surface area contributed by atoms with Crippen LogP contribution in [-0.2, 0) is 4.74 Å². The van der Waals surface area contributed by atoms with E-state index in [9.17, 15) is 4.79 Å². The fourth-order valence-electron chi connectivity index (χ4n) is 1.99. The molecule has 0 radical (unpaired) electrons. The molecule has 1 aromatic carbocycles. The number of nitrogens with zero attached hydrogens (tertiary/aromatic N) is 1. The van der Waals surface area contributed by atoms with Gasteiger partial charge in [-0.1, -0.05) is 33.6 Å². The van der Waals surface area contributed by atoms with Gasteiger partial charge in [0.2, 0.25) is 0 Å². The number of carbonyl (C=O) groups is 1. The van der Waals surface area contributed by atoms with Crippen LogP contribution >= 0.6 is 27.5 Å². The third kappa shape index (κ3) is 3.05. The minimum atomic E-state index is 0.0317. The largest absolute Gasteiger partial charge is 0.374 e. The molecule has 98 valence electrons. The number of amides is 1. The van der Waals surface area contributed by atoms with Gasteiger partial charge in [0.25, 0.3) is 5.91 Å². The Morgan fingerprint density at radius 2 is 2.39 bits per heavy atom. The number of hydrogen-bond acceptors (Lipinski definition) is 2. The van der Waals surface area contributed by atoms with Crippen LogP contribution in [0.2, 0.25) is 5.02 Å². The molecule has 3 nitrogen and oxygen atoms in total. The van der Waals surface area contributed by atoms with Crippen molar-refractivity contribution in [2.24, 2.45) is 0 Å². The first-order valence-corrected chi connectivity index (χ1v) is 7.34. The van der Waals surface area contributed by atoms with E-state index < -0.39 is 0 Å². The van der Waals surface area contributed by atoms with Crippen LogP contribution in [0.15, 0.2) is 18.2 Å². The molecule has 0 aromatic heterocycles. The highest BCUT2D eigenvalue weighted by atomic mass is 79.9. The molecule has 0 spiro atoms. The molecule has 1 heterocycles. The van der Waals surface area contributed by atoms with Gasteiger partial charge in [-0.15, -0.1) is 0 Å². The van der Waals surface area contributed by atoms with E-state index in [1.54, 1.807) is 12.1 Å². The van der Waals surface area contributed by atoms with Crippen LogP contribution < -0.4 is 0 Å². The lowest BCUT2D eigenvalue weighted by Crippen LogP contribution is -2.46. The van der Waals surface area contributed by atoms with E-state index in [2.05, 4.69) is 15.9 Å². The van der Waals surface area contributed by atoms with Crippen molar-refractivity contribution in [2.45, 2.75) is 13.0 Å². The summed E-state index contributed by atoms with van der Waals surface area (Å²) in [5, 5.41) is 1.33. The quantitative estimate of drug-likeness (QED) is 0.779. The van der Waals surface area contributed by atoms with Crippen molar-refractivity contribution in [3.63, 3.8) is 0 Å². The molecule has 1 unspecified atom stereocenters. The third-order valence-electron chi connectivity index (χ3n) is 3.03. The molecule has 1 fully saturated rings. The first-order valence-electron chi connectivity index (χ1n) is 5.85. The zero-order chi connectivity index (χ0) is 13.1. The number of benzene rings is 1. The van der Waals surface area contributed by atoms with Crippen molar-refractivity contribution in [3.8, 4) is 0 Å². The summed E-state index contributed by atoms with van der Waals surface area (Å²) < 4.78 is 5.53. The Kier molecular flexibility index (Phi) is 4.65. The first-order chi connectivity index (χ1) is 8.61. The maximum atomic E-state index is 12.4. The van der Waals surface area contributed by atoms with Gasteiger partial charge in [0.05, 0.1) is 12.7 Å². The molecule has 1 aliphatic heterocycles. The number of aryl methyl sites for hydroxylation is 1. The Morgan fingerprint density at radius 1 is 1.61 bits per heavy atom. The number of carbonyl (C=O) groups excluding carboxylic acids is 1. The molecule has 0 saturated carbocycles. The predicted molar refractivity (Wildman–Crippen MR) is 75.6 cm³/mol. The number of halogens is 2. The molecule has 1 atom stereocenters. The highest BCUT2D eigenvalue weighted by molar-refractivity contribution is 9.09. The van der Waals surface area contributed by atoms with Gasteiger partial charge in [0.1, 0.15) is 0 Å². The Bertz CT molecular complexity index is 453. The summed E-state index contributed by atoms with van der Waals surface area (Å²) in [7, 11) is 0. The van der Waals surface area contributed by atoms with Crippen molar-refractivity contribution in [3.05, 3.63) is 34.3 Å². The van der Waals surface area contributed by atoms with Crippen molar-refractivity contribution in [1.29, 1.82) is 0 Å². The van der Waals surface area contributed by atoms with E-state index in [1.807, 2.05) is 17.9 Å². The number of ether oxygens (including phenoxy) is 1. The Morgan fingerprint density at radius 3 is 3.11 bits per heavy atom. The van der Waals surface area contributed by atoms with Gasteiger partial charge >= 0.3 is 0 Å². The minimum Gasteiger partial charge on any atom is -0.374 e. The van der Waals surface area contributed by atoms with Gasteiger partial charge in [-0.2, -0.15) is 0 Å². The number of hydrogen-bond donors (Lipinski definition) is 0. The average Bonchev–Trinajstić information content (AvgIpc) is 2.41. The molecule has 1 aromatic rings. The normalized spacial score (nSPS) is 19.9. The van der Waals surface area contributed by atoms with Crippen LogP contribution in [0.1, 0.15) is 15.9 Å². The fraction of sp³-hybridized carbons (Fsp3) is 0.462. The average molecular weight is 333 g/mol. The van der Waals surface area contributed by atoms with E-state index in [1.165, 1.54) is 0 Å². The molecule has 0 bridgehead atoms. The third-order valence-corrected chi connectivity index (χ3v) is 3.99. The van der Waals surface area contributed by atoms with Gasteiger partial charge in [0.15, 0.2) is 0 Å². The second kappa shape index (κ2) is 6.04. The van der Waals surface area contributed by atoms with Crippen molar-refractivity contribution in [2.75, 3.05) is 25.0 Å². The second-order valence-corrected chi connectivity index (χ2v) is 5.44. The SMILES string of the molecule is Cc1ccc(Cl)cc1C(=O)N1CCOC(CBr)C1. The monoisotopic (exact) mass is 331 g/mol. The van der Waals surface area contributed by atoms with Gasteiger partial charge in [-0.05, 0) is 24.6 Å². The highest BCUT2D eigenvalue weighted by Gasteiger charge is 2.25. The lowest BCUT2D eigenvalue weighted by Gasteiger charge is -2.32. The van der Waals surface area contributed by atoms with Crippen LogP contribution in [-0.4, -0.2) is 41.9 Å². The van der Waals surface area contributed by atoms with E-state index in [0.717, 1.165) is 10.9 Å². The minimum absolute atomic E-state index is 0.0317. The molecule has 0 aliphatic carbocycles. The second-order valence-electron chi connectivity index (χ2n) is 4.36. The van der Waals surface area contributed by atoms with Gasteiger partial charge in [0, 0.05) is 29.0 Å². The Balaban J connectivity index is 2.17. The molecule has 0 N–H and O–H groups in total. The van der Waals surface area contributed by atoms with Gasteiger partial charge in [-0.3, -0.25) is 4.79 Å². The van der Waals surface area contributed by atoms with Crippen molar-refractivity contribution in [1.82, 2.24) is 4.90 Å². The summed E-state index contributed by atoms with van der Waals surface area (Å²) in [5.74, 6) is 0.0317. The summed E-state index contributed by atoms with van der Waals surface area (Å²) in [4.78, 5) is 14.3. The van der Waals surface area contributed by atoms with Crippen LogP contribution in [0.3, 0.4) is 0 Å². The lowest BCUT2D eigenvalue weighted by molar-refractivity contribution is -0.00968. The lowest BCUT2D eigenvalue weighted by atomic mass is 10.1. The topological polar surface area (TPSA) is 29.5 Å². The summed E-state index contributed by atoms with van der Waals surface area (Å²) in [6, 6.07) is 5.41. The summed E-state index contributed by atoms with van der Waals surface area (Å²) >= 11 is 9.34. The summed E-state index contributed by atoms with van der Waals surface area (Å²) in [6.07, 6.45) is 0.0715. The molecule has 2 rings (SSSR count). The van der Waals surface area contributed by atoms with Crippen LogP contribution in [0.4, 0.5) is 0 Å². The molecule has 18 heavy (non-hydrogen) atoms. The van der Waals surface area contributed by atoms with Crippen LogP contribution in [0, 0.1) is 6.92 Å². The molecule has 1 saturated heterocycles. The van der Waals surface area contributed by atoms with Gasteiger partial charge < -0.3 is 9.64 Å². The zero-order valence-electron chi connectivity index (χ0n) is 10.2. The summed E-state index contributed by atoms with van der Waals surface area (Å²) in [6.45, 7) is 3.76. The van der Waals surface area contributed by atoms with Gasteiger partial charge in [-0.25, -0.2) is 0 Å². The first kappa shape index (κ1) is 13.8. The molecular formula is C13H15BrClNO2. The van der Waals surface area contributed by atoms with Crippen molar-refractivity contribution >= 4 is 33.4 Å². The van der Waals surface area contributed by atoms with Crippen LogP contribution in [0.25, 0.3) is 0 Å². The number of alkyl halides is 1. The fourth-order valence-corrected chi connectivity index (χ4v) is 2.56. The van der Waals surface area contributed by atoms with E-state index in [-0.39, 0.29) is 12.0 Å². The number of rotatable bonds is 2. The zero-order valence-corrected chi connectivity index (χ0v) is 12.5. The van der Waals surface area contributed by atoms with E-state index in [0.29, 0.717) is 30.3 Å². The predicted octanol–water partition coefficient (Wildman–Crippen LogP) is 2.88. The molecule has 5 heteroatoms. The standard InChI is InChI=1S/C13H15BrClNO2/c1-9-2-3-10(15)6-12(9)13(17)16-4-5-18-11(7-14)8-16/h2-3,6,11H,4-5,7-8H2,1H3.